The highest BCUT2D eigenvalue weighted by molar-refractivity contribution is 7.91. The van der Waals surface area contributed by atoms with Crippen LogP contribution in [0.3, 0.4) is 0 Å². The lowest BCUT2D eigenvalue weighted by Crippen LogP contribution is -2.07. The zero-order valence-corrected chi connectivity index (χ0v) is 9.87. The molecule has 3 nitrogen and oxygen atoms in total. The van der Waals surface area contributed by atoms with Gasteiger partial charge in [0.15, 0.2) is 9.84 Å². The van der Waals surface area contributed by atoms with Crippen molar-refractivity contribution in [3.05, 3.63) is 29.6 Å². The van der Waals surface area contributed by atoms with Gasteiger partial charge in [-0.05, 0) is 17.7 Å². The molecular formula is C9H13ClFNO2S. The van der Waals surface area contributed by atoms with E-state index in [-0.39, 0.29) is 29.6 Å². The third-order valence-corrected chi connectivity index (χ3v) is 3.71. The van der Waals surface area contributed by atoms with Crippen LogP contribution in [-0.4, -0.2) is 14.2 Å². The summed E-state index contributed by atoms with van der Waals surface area (Å²) >= 11 is 0. The molecule has 0 aliphatic heterocycles. The highest BCUT2D eigenvalue weighted by atomic mass is 35.5. The van der Waals surface area contributed by atoms with Crippen LogP contribution in [0.1, 0.15) is 12.5 Å². The second-order valence-corrected chi connectivity index (χ2v) is 5.12. The molecule has 0 saturated heterocycles. The molecular weight excluding hydrogens is 241 g/mol. The van der Waals surface area contributed by atoms with Gasteiger partial charge in [0.2, 0.25) is 0 Å². The molecule has 86 valence electrons. The van der Waals surface area contributed by atoms with E-state index >= 15 is 0 Å². The van der Waals surface area contributed by atoms with Crippen molar-refractivity contribution in [2.45, 2.75) is 18.4 Å². The van der Waals surface area contributed by atoms with Gasteiger partial charge < -0.3 is 5.73 Å². The van der Waals surface area contributed by atoms with Crippen LogP contribution in [0.4, 0.5) is 4.39 Å². The fourth-order valence-corrected chi connectivity index (χ4v) is 2.02. The lowest BCUT2D eigenvalue weighted by Gasteiger charge is -2.04. The van der Waals surface area contributed by atoms with Crippen molar-refractivity contribution in [3.63, 3.8) is 0 Å². The van der Waals surface area contributed by atoms with Gasteiger partial charge in [-0.3, -0.25) is 0 Å². The number of halogens is 2. The molecule has 0 bridgehead atoms. The molecule has 0 aliphatic carbocycles. The second-order valence-electron chi connectivity index (χ2n) is 2.87. The van der Waals surface area contributed by atoms with Crippen molar-refractivity contribution in [3.8, 4) is 0 Å². The summed E-state index contributed by atoms with van der Waals surface area (Å²) in [5, 5.41) is 0. The van der Waals surface area contributed by atoms with Gasteiger partial charge in [-0.15, -0.1) is 12.4 Å². The number of hydrogen-bond donors (Lipinski definition) is 1. The Kier molecular flexibility index (Phi) is 5.20. The number of nitrogens with two attached hydrogens (primary N) is 1. The third-order valence-electron chi connectivity index (χ3n) is 1.95. The van der Waals surface area contributed by atoms with E-state index < -0.39 is 15.7 Å². The van der Waals surface area contributed by atoms with Gasteiger partial charge in [0.05, 0.1) is 5.75 Å². The summed E-state index contributed by atoms with van der Waals surface area (Å²) in [6.45, 7) is 1.68. The minimum absolute atomic E-state index is 0. The minimum atomic E-state index is -3.47. The highest BCUT2D eigenvalue weighted by Gasteiger charge is 2.16. The smallest absolute Gasteiger partial charge is 0.180 e. The Labute approximate surface area is 94.8 Å². The van der Waals surface area contributed by atoms with Gasteiger partial charge >= 0.3 is 0 Å². The van der Waals surface area contributed by atoms with Gasteiger partial charge in [-0.2, -0.15) is 0 Å². The molecule has 0 saturated carbocycles. The molecule has 2 N–H and O–H groups in total. The quantitative estimate of drug-likeness (QED) is 0.888. The molecule has 1 rings (SSSR count). The van der Waals surface area contributed by atoms with Crippen LogP contribution in [0, 0.1) is 5.82 Å². The molecule has 0 fully saturated rings. The van der Waals surface area contributed by atoms with E-state index in [1.165, 1.54) is 19.1 Å². The van der Waals surface area contributed by atoms with Crippen LogP contribution >= 0.6 is 12.4 Å². The normalized spacial score (nSPS) is 10.9. The van der Waals surface area contributed by atoms with Crippen LogP contribution in [0.15, 0.2) is 23.1 Å². The Morgan fingerprint density at radius 3 is 2.40 bits per heavy atom. The van der Waals surface area contributed by atoms with Gasteiger partial charge in [0.25, 0.3) is 0 Å². The SMILES string of the molecule is CCS(=O)(=O)c1ccc(CN)cc1F.Cl. The van der Waals surface area contributed by atoms with E-state index in [0.29, 0.717) is 5.56 Å². The monoisotopic (exact) mass is 253 g/mol. The number of sulfone groups is 1. The van der Waals surface area contributed by atoms with Crippen LogP contribution in [0.5, 0.6) is 0 Å². The van der Waals surface area contributed by atoms with Crippen LogP contribution < -0.4 is 5.73 Å². The van der Waals surface area contributed by atoms with Crippen LogP contribution in [-0.2, 0) is 16.4 Å². The Morgan fingerprint density at radius 2 is 2.00 bits per heavy atom. The average molecular weight is 254 g/mol. The zero-order valence-electron chi connectivity index (χ0n) is 8.23. The zero-order chi connectivity index (χ0) is 10.8. The van der Waals surface area contributed by atoms with Crippen molar-refractivity contribution in [2.24, 2.45) is 5.73 Å². The first kappa shape index (κ1) is 14.3. The van der Waals surface area contributed by atoms with Gasteiger partial charge in [0, 0.05) is 6.54 Å². The molecule has 0 aromatic heterocycles. The summed E-state index contributed by atoms with van der Waals surface area (Å²) < 4.78 is 36.0. The first-order valence-electron chi connectivity index (χ1n) is 4.22. The molecule has 0 amide bonds. The van der Waals surface area contributed by atoms with Gasteiger partial charge in [-0.25, -0.2) is 12.8 Å². The van der Waals surface area contributed by atoms with Crippen LogP contribution in [0.2, 0.25) is 0 Å². The maximum atomic E-state index is 13.3. The van der Waals surface area contributed by atoms with Crippen molar-refractivity contribution in [2.75, 3.05) is 5.75 Å². The number of benzene rings is 1. The van der Waals surface area contributed by atoms with Crippen molar-refractivity contribution < 1.29 is 12.8 Å². The Hall–Kier alpha value is -0.650. The van der Waals surface area contributed by atoms with E-state index in [9.17, 15) is 12.8 Å². The Bertz CT molecular complexity index is 434. The van der Waals surface area contributed by atoms with E-state index in [0.717, 1.165) is 6.07 Å². The fraction of sp³-hybridized carbons (Fsp3) is 0.333. The summed E-state index contributed by atoms with van der Waals surface area (Å²) in [7, 11) is -3.47. The van der Waals surface area contributed by atoms with Crippen molar-refractivity contribution in [1.82, 2.24) is 0 Å². The number of rotatable bonds is 3. The van der Waals surface area contributed by atoms with E-state index in [2.05, 4.69) is 0 Å². The lowest BCUT2D eigenvalue weighted by atomic mass is 10.2. The summed E-state index contributed by atoms with van der Waals surface area (Å²) in [6, 6.07) is 3.94. The summed E-state index contributed by atoms with van der Waals surface area (Å²) in [5.41, 5.74) is 5.88. The van der Waals surface area contributed by atoms with Gasteiger partial charge in [-0.1, -0.05) is 13.0 Å². The maximum absolute atomic E-state index is 13.3. The van der Waals surface area contributed by atoms with Crippen LogP contribution in [0.25, 0.3) is 0 Å². The molecule has 15 heavy (non-hydrogen) atoms. The van der Waals surface area contributed by atoms with Gasteiger partial charge in [0.1, 0.15) is 10.7 Å². The Balaban J connectivity index is 0.00000196. The second kappa shape index (κ2) is 5.44. The molecule has 1 aromatic carbocycles. The predicted octanol–water partition coefficient (Wildman–Crippen LogP) is 1.50. The lowest BCUT2D eigenvalue weighted by molar-refractivity contribution is 0.566. The van der Waals surface area contributed by atoms with E-state index in [1.54, 1.807) is 0 Å². The number of hydrogen-bond acceptors (Lipinski definition) is 3. The van der Waals surface area contributed by atoms with E-state index in [1.807, 2.05) is 0 Å². The summed E-state index contributed by atoms with van der Waals surface area (Å²) in [4.78, 5) is -0.253. The standard InChI is InChI=1S/C9H12FNO2S.ClH/c1-2-14(12,13)9-4-3-7(6-11)5-8(9)10;/h3-5H,2,6,11H2,1H3;1H. The maximum Gasteiger partial charge on any atom is 0.180 e. The first-order chi connectivity index (χ1) is 6.51. The molecule has 0 atom stereocenters. The molecule has 0 unspecified atom stereocenters. The van der Waals surface area contributed by atoms with Crippen molar-refractivity contribution >= 4 is 22.2 Å². The molecule has 6 heteroatoms. The molecule has 1 aromatic rings. The topological polar surface area (TPSA) is 60.2 Å². The minimum Gasteiger partial charge on any atom is -0.326 e. The molecule has 0 spiro atoms. The average Bonchev–Trinajstić information content (AvgIpc) is 2.17. The highest BCUT2D eigenvalue weighted by Crippen LogP contribution is 2.17. The first-order valence-corrected chi connectivity index (χ1v) is 5.87. The molecule has 0 heterocycles. The fourth-order valence-electron chi connectivity index (χ4n) is 1.08. The van der Waals surface area contributed by atoms with E-state index in [4.69, 9.17) is 5.73 Å². The largest absolute Gasteiger partial charge is 0.326 e. The van der Waals surface area contributed by atoms with Crippen molar-refractivity contribution in [1.29, 1.82) is 0 Å². The summed E-state index contributed by atoms with van der Waals surface area (Å²) in [5.74, 6) is -0.832. The Morgan fingerprint density at radius 1 is 1.40 bits per heavy atom. The third kappa shape index (κ3) is 3.15. The molecule has 0 radical (unpaired) electrons. The predicted molar refractivity (Wildman–Crippen MR) is 59.3 cm³/mol. The molecule has 0 aliphatic rings. The summed E-state index contributed by atoms with van der Waals surface area (Å²) in [6.07, 6.45) is 0.